The first kappa shape index (κ1) is 11.1. The highest BCUT2D eigenvalue weighted by Crippen LogP contribution is 2.64. The Hall–Kier alpha value is -1.06. The monoisotopic (exact) mass is 235 g/mol. The van der Waals surface area contributed by atoms with Gasteiger partial charge in [-0.15, -0.1) is 0 Å². The van der Waals surface area contributed by atoms with Crippen LogP contribution in [0.1, 0.15) is 32.1 Å². The Morgan fingerprint density at radius 2 is 2.12 bits per heavy atom. The molecule has 2 amide bonds. The van der Waals surface area contributed by atoms with Gasteiger partial charge in [0, 0.05) is 7.05 Å². The molecule has 3 N–H and O–H groups in total. The van der Waals surface area contributed by atoms with Crippen LogP contribution in [0.5, 0.6) is 0 Å². The molecule has 0 aliphatic heterocycles. The molecule has 17 heavy (non-hydrogen) atoms. The molecule has 4 rings (SSSR count). The van der Waals surface area contributed by atoms with Crippen molar-refractivity contribution in [1.82, 2.24) is 5.32 Å². The molecule has 4 saturated carbocycles. The van der Waals surface area contributed by atoms with Crippen LogP contribution in [0, 0.1) is 29.1 Å². The van der Waals surface area contributed by atoms with Gasteiger partial charge in [0.05, 0.1) is 10.8 Å². The van der Waals surface area contributed by atoms with Crippen LogP contribution in [0.2, 0.25) is 0 Å². The van der Waals surface area contributed by atoms with Gasteiger partial charge in [0.2, 0.25) is 11.8 Å². The van der Waals surface area contributed by atoms with Crippen LogP contribution in [0.25, 0.3) is 0 Å². The van der Waals surface area contributed by atoms with E-state index in [4.69, 9.17) is 5.73 Å². The van der Waals surface area contributed by atoms with E-state index in [1.54, 1.807) is 7.05 Å². The number of carbonyl (C=O) groups is 2. The maximum Gasteiger partial charge on any atom is 0.226 e. The Kier molecular flexibility index (Phi) is 2.11. The standard InChI is InChI=1S/C13H19N2O2/c1-15-11(17)13-5-8-2-9(6-13)4-12(3-8,7-13)10(14)16/h3,8-9H,2,4-7H2,1H3,(H2,14,16)(H,15,17). The maximum atomic E-state index is 12.2. The zero-order valence-electron chi connectivity index (χ0n) is 10.2. The van der Waals surface area contributed by atoms with Gasteiger partial charge in [-0.2, -0.15) is 0 Å². The van der Waals surface area contributed by atoms with E-state index in [0.717, 1.165) is 25.7 Å². The summed E-state index contributed by atoms with van der Waals surface area (Å²) in [6, 6.07) is 0. The molecule has 93 valence electrons. The number of carbonyl (C=O) groups excluding carboxylic acids is 2. The van der Waals surface area contributed by atoms with E-state index in [2.05, 4.69) is 11.7 Å². The quantitative estimate of drug-likeness (QED) is 0.736. The predicted molar refractivity (Wildman–Crippen MR) is 62.5 cm³/mol. The number of hydrogen-bond donors (Lipinski definition) is 2. The molecule has 4 fully saturated rings. The van der Waals surface area contributed by atoms with Gasteiger partial charge in [-0.25, -0.2) is 0 Å². The van der Waals surface area contributed by atoms with Crippen LogP contribution in [0.3, 0.4) is 0 Å². The number of nitrogens with two attached hydrogens (primary N) is 1. The second-order valence-electron chi connectivity index (χ2n) is 6.20. The molecule has 0 aromatic heterocycles. The fraction of sp³-hybridized carbons (Fsp3) is 0.769. The van der Waals surface area contributed by atoms with E-state index in [-0.39, 0.29) is 17.2 Å². The van der Waals surface area contributed by atoms with Gasteiger partial charge in [-0.05, 0) is 50.4 Å². The minimum atomic E-state index is -0.503. The third-order valence-corrected chi connectivity index (χ3v) is 5.03. The molecule has 0 aromatic rings. The Morgan fingerprint density at radius 3 is 2.71 bits per heavy atom. The molecule has 0 saturated heterocycles. The molecule has 0 spiro atoms. The second-order valence-corrected chi connectivity index (χ2v) is 6.20. The lowest BCUT2D eigenvalue weighted by Crippen LogP contribution is -2.60. The summed E-state index contributed by atoms with van der Waals surface area (Å²) >= 11 is 0. The first-order chi connectivity index (χ1) is 8.00. The third-order valence-electron chi connectivity index (χ3n) is 5.03. The Balaban J connectivity index is 2.00. The summed E-state index contributed by atoms with van der Waals surface area (Å²) in [7, 11) is 1.68. The summed E-state index contributed by atoms with van der Waals surface area (Å²) < 4.78 is 0. The molecule has 4 aliphatic rings. The number of hydrogen-bond acceptors (Lipinski definition) is 2. The number of rotatable bonds is 2. The summed E-state index contributed by atoms with van der Waals surface area (Å²) in [5, 5.41) is 2.77. The highest BCUT2D eigenvalue weighted by molar-refractivity contribution is 5.88. The smallest absolute Gasteiger partial charge is 0.226 e. The van der Waals surface area contributed by atoms with Gasteiger partial charge in [-0.3, -0.25) is 9.59 Å². The SMILES string of the molecule is CNC(=O)C12CC3[CH]C(C(N)=O)(CC(C3)C1)C2. The average Bonchev–Trinajstić information content (AvgIpc) is 2.26. The third kappa shape index (κ3) is 1.36. The molecule has 4 aliphatic carbocycles. The topological polar surface area (TPSA) is 72.2 Å². The van der Waals surface area contributed by atoms with Crippen molar-refractivity contribution in [3.05, 3.63) is 6.42 Å². The van der Waals surface area contributed by atoms with Crippen LogP contribution in [-0.4, -0.2) is 18.9 Å². The van der Waals surface area contributed by atoms with E-state index in [1.807, 2.05) is 0 Å². The molecular formula is C13H19N2O2. The molecule has 0 heterocycles. The van der Waals surface area contributed by atoms with Gasteiger partial charge in [-0.1, -0.05) is 0 Å². The number of primary amides is 1. The molecule has 0 aromatic carbocycles. The van der Waals surface area contributed by atoms with Crippen molar-refractivity contribution >= 4 is 11.8 Å². The fourth-order valence-corrected chi connectivity index (χ4v) is 4.73. The minimum Gasteiger partial charge on any atom is -0.369 e. The Morgan fingerprint density at radius 1 is 1.35 bits per heavy atom. The molecular weight excluding hydrogens is 216 g/mol. The van der Waals surface area contributed by atoms with Gasteiger partial charge < -0.3 is 11.1 Å². The predicted octanol–water partition coefficient (Wildman–Crippen LogP) is 0.618. The highest BCUT2D eigenvalue weighted by atomic mass is 16.2. The molecule has 4 nitrogen and oxygen atoms in total. The zero-order chi connectivity index (χ0) is 12.3. The molecule has 4 heteroatoms. The fourth-order valence-electron chi connectivity index (χ4n) is 4.73. The lowest BCUT2D eigenvalue weighted by molar-refractivity contribution is -0.155. The molecule has 4 atom stereocenters. The minimum absolute atomic E-state index is 0.102. The van der Waals surface area contributed by atoms with E-state index < -0.39 is 5.41 Å². The molecule has 4 bridgehead atoms. The Bertz CT molecular complexity index is 377. The number of amides is 2. The van der Waals surface area contributed by atoms with Crippen LogP contribution in [0.4, 0.5) is 0 Å². The molecule has 4 unspecified atom stereocenters. The van der Waals surface area contributed by atoms with Crippen molar-refractivity contribution in [3.63, 3.8) is 0 Å². The van der Waals surface area contributed by atoms with E-state index in [1.165, 1.54) is 0 Å². The van der Waals surface area contributed by atoms with Crippen molar-refractivity contribution < 1.29 is 9.59 Å². The summed E-state index contributed by atoms with van der Waals surface area (Å²) in [6.07, 6.45) is 6.60. The highest BCUT2D eigenvalue weighted by Gasteiger charge is 2.62. The number of nitrogens with one attached hydrogen (secondary N) is 1. The van der Waals surface area contributed by atoms with E-state index in [0.29, 0.717) is 18.3 Å². The molecule has 1 radical (unpaired) electrons. The van der Waals surface area contributed by atoms with Gasteiger partial charge in [0.25, 0.3) is 0 Å². The summed E-state index contributed by atoms with van der Waals surface area (Å²) in [4.78, 5) is 23.9. The summed E-state index contributed by atoms with van der Waals surface area (Å²) in [5.74, 6) is 0.767. The maximum absolute atomic E-state index is 12.2. The lowest BCUT2D eigenvalue weighted by atomic mass is 9.43. The second kappa shape index (κ2) is 3.24. The summed E-state index contributed by atoms with van der Waals surface area (Å²) in [6.45, 7) is 0. The van der Waals surface area contributed by atoms with E-state index in [9.17, 15) is 9.59 Å². The lowest BCUT2D eigenvalue weighted by Gasteiger charge is -2.59. The van der Waals surface area contributed by atoms with Crippen molar-refractivity contribution in [3.8, 4) is 0 Å². The van der Waals surface area contributed by atoms with Crippen molar-refractivity contribution in [1.29, 1.82) is 0 Å². The van der Waals surface area contributed by atoms with Crippen molar-refractivity contribution in [2.24, 2.45) is 28.4 Å². The van der Waals surface area contributed by atoms with Crippen LogP contribution in [-0.2, 0) is 9.59 Å². The van der Waals surface area contributed by atoms with Crippen molar-refractivity contribution in [2.75, 3.05) is 7.05 Å². The van der Waals surface area contributed by atoms with Crippen LogP contribution >= 0.6 is 0 Å². The van der Waals surface area contributed by atoms with Crippen LogP contribution < -0.4 is 11.1 Å². The van der Waals surface area contributed by atoms with Gasteiger partial charge in [0.1, 0.15) is 0 Å². The van der Waals surface area contributed by atoms with E-state index >= 15 is 0 Å². The zero-order valence-corrected chi connectivity index (χ0v) is 10.2. The first-order valence-corrected chi connectivity index (χ1v) is 6.38. The largest absolute Gasteiger partial charge is 0.369 e. The van der Waals surface area contributed by atoms with Crippen molar-refractivity contribution in [2.45, 2.75) is 32.1 Å². The Labute approximate surface area is 101 Å². The van der Waals surface area contributed by atoms with Gasteiger partial charge >= 0.3 is 0 Å². The average molecular weight is 235 g/mol. The summed E-state index contributed by atoms with van der Waals surface area (Å²) in [5.41, 5.74) is 4.76. The normalized spacial score (nSPS) is 46.9. The van der Waals surface area contributed by atoms with Gasteiger partial charge in [0.15, 0.2) is 0 Å². The first-order valence-electron chi connectivity index (χ1n) is 6.38. The van der Waals surface area contributed by atoms with Crippen LogP contribution in [0.15, 0.2) is 0 Å².